The summed E-state index contributed by atoms with van der Waals surface area (Å²) >= 11 is 0. The number of ether oxygens (including phenoxy) is 1. The van der Waals surface area contributed by atoms with Crippen LogP contribution in [-0.4, -0.2) is 37.8 Å². The lowest BCUT2D eigenvalue weighted by molar-refractivity contribution is -0.121. The van der Waals surface area contributed by atoms with Gasteiger partial charge in [-0.25, -0.2) is 9.97 Å². The van der Waals surface area contributed by atoms with Crippen LogP contribution in [0.2, 0.25) is 18.1 Å². The summed E-state index contributed by atoms with van der Waals surface area (Å²) in [5, 5.41) is 3.29. The fourth-order valence-electron chi connectivity index (χ4n) is 4.15. The standard InChI is InChI=1S/C25H36N4O3Si/c1-24(2,3)33(7,8)32-15-19-27-21(26-6)20-22(28-19)29(23(30)25(20,4)5)17-11-12-18-16(14-17)10-9-13-31-18/h11-12,14H,9-10,13,15H2,1-8H3,(H,26,27,28). The van der Waals surface area contributed by atoms with Gasteiger partial charge in [0.2, 0.25) is 5.91 Å². The Hall–Kier alpha value is -2.45. The number of anilines is 3. The minimum atomic E-state index is -1.97. The molecule has 1 amide bonds. The maximum Gasteiger partial charge on any atom is 0.243 e. The summed E-state index contributed by atoms with van der Waals surface area (Å²) in [6, 6.07) is 5.97. The van der Waals surface area contributed by atoms with Crippen LogP contribution in [0.25, 0.3) is 0 Å². The molecule has 0 spiro atoms. The van der Waals surface area contributed by atoms with Gasteiger partial charge in [0.1, 0.15) is 17.4 Å². The van der Waals surface area contributed by atoms with Crippen LogP contribution in [0.1, 0.15) is 58.0 Å². The lowest BCUT2D eigenvalue weighted by atomic mass is 9.87. The van der Waals surface area contributed by atoms with Crippen molar-refractivity contribution in [1.82, 2.24) is 9.97 Å². The molecular weight excluding hydrogens is 432 g/mol. The second kappa shape index (κ2) is 8.09. The highest BCUT2D eigenvalue weighted by molar-refractivity contribution is 6.74. The van der Waals surface area contributed by atoms with Crippen LogP contribution in [-0.2, 0) is 27.7 Å². The van der Waals surface area contributed by atoms with Crippen LogP contribution < -0.4 is 15.0 Å². The predicted molar refractivity (Wildman–Crippen MR) is 134 cm³/mol. The number of aryl methyl sites for hydroxylation is 1. The van der Waals surface area contributed by atoms with E-state index in [1.807, 2.05) is 33.0 Å². The number of benzene rings is 1. The summed E-state index contributed by atoms with van der Waals surface area (Å²) in [7, 11) is -0.141. The van der Waals surface area contributed by atoms with E-state index in [4.69, 9.17) is 19.1 Å². The second-order valence-electron chi connectivity index (χ2n) is 11.0. The highest BCUT2D eigenvalue weighted by atomic mass is 28.4. The van der Waals surface area contributed by atoms with Crippen molar-refractivity contribution in [3.8, 4) is 5.75 Å². The number of fused-ring (bicyclic) bond motifs is 2. The Kier molecular flexibility index (Phi) is 5.81. The van der Waals surface area contributed by atoms with Gasteiger partial charge in [-0.2, -0.15) is 0 Å². The number of hydrogen-bond acceptors (Lipinski definition) is 6. The number of amides is 1. The molecule has 0 atom stereocenters. The molecule has 2 aliphatic rings. The quantitative estimate of drug-likeness (QED) is 0.599. The average Bonchev–Trinajstić information content (AvgIpc) is 2.96. The van der Waals surface area contributed by atoms with Gasteiger partial charge in [-0.1, -0.05) is 20.8 Å². The molecular formula is C25H36N4O3Si. The molecule has 0 fully saturated rings. The number of nitrogens with one attached hydrogen (secondary N) is 1. The normalized spacial score (nSPS) is 17.5. The Morgan fingerprint density at radius 1 is 1.24 bits per heavy atom. The van der Waals surface area contributed by atoms with Gasteiger partial charge in [0.25, 0.3) is 0 Å². The molecule has 33 heavy (non-hydrogen) atoms. The third-order valence-corrected chi connectivity index (χ3v) is 11.7. The maximum atomic E-state index is 13.7. The highest BCUT2D eigenvalue weighted by Crippen LogP contribution is 2.48. The number of aromatic nitrogens is 2. The summed E-state index contributed by atoms with van der Waals surface area (Å²) in [5.74, 6) is 2.78. The topological polar surface area (TPSA) is 76.6 Å². The van der Waals surface area contributed by atoms with Gasteiger partial charge in [-0.3, -0.25) is 9.69 Å². The van der Waals surface area contributed by atoms with Gasteiger partial charge in [0.05, 0.1) is 29.9 Å². The maximum absolute atomic E-state index is 13.7. The number of rotatable bonds is 5. The van der Waals surface area contributed by atoms with Crippen molar-refractivity contribution in [2.24, 2.45) is 0 Å². The Bertz CT molecular complexity index is 1090. The first-order valence-corrected chi connectivity index (χ1v) is 14.6. The molecule has 4 rings (SSSR count). The van der Waals surface area contributed by atoms with Crippen LogP contribution >= 0.6 is 0 Å². The fourth-order valence-corrected chi connectivity index (χ4v) is 5.07. The van der Waals surface area contributed by atoms with Crippen molar-refractivity contribution in [3.63, 3.8) is 0 Å². The lowest BCUT2D eigenvalue weighted by Gasteiger charge is -2.35. The first kappa shape index (κ1) is 23.7. The van der Waals surface area contributed by atoms with Crippen molar-refractivity contribution in [3.05, 3.63) is 35.2 Å². The van der Waals surface area contributed by atoms with Crippen molar-refractivity contribution in [2.75, 3.05) is 23.9 Å². The first-order chi connectivity index (χ1) is 15.4. The fraction of sp³-hybridized carbons (Fsp3) is 0.560. The molecule has 178 valence electrons. The SMILES string of the molecule is CNc1nc(CO[Si](C)(C)C(C)(C)C)nc2c1C(C)(C)C(=O)N2c1ccc2c(c1)CCCO2. The van der Waals surface area contributed by atoms with Crippen LogP contribution in [0.5, 0.6) is 5.75 Å². The Balaban J connectivity index is 1.77. The molecule has 8 heteroatoms. The van der Waals surface area contributed by atoms with Gasteiger partial charge < -0.3 is 14.5 Å². The molecule has 3 heterocycles. The largest absolute Gasteiger partial charge is 0.493 e. The van der Waals surface area contributed by atoms with E-state index in [-0.39, 0.29) is 10.9 Å². The average molecular weight is 469 g/mol. The highest BCUT2D eigenvalue weighted by Gasteiger charge is 2.48. The Labute approximate surface area is 198 Å². The van der Waals surface area contributed by atoms with E-state index in [1.165, 1.54) is 0 Å². The van der Waals surface area contributed by atoms with Crippen LogP contribution in [0.15, 0.2) is 18.2 Å². The molecule has 1 aromatic heterocycles. The first-order valence-electron chi connectivity index (χ1n) is 11.7. The van der Waals surface area contributed by atoms with Gasteiger partial charge in [0, 0.05) is 7.05 Å². The minimum absolute atomic E-state index is 0.0116. The van der Waals surface area contributed by atoms with Crippen LogP contribution in [0, 0.1) is 0 Å². The van der Waals surface area contributed by atoms with E-state index in [2.05, 4.69) is 45.2 Å². The summed E-state index contributed by atoms with van der Waals surface area (Å²) in [4.78, 5) is 25.0. The zero-order valence-electron chi connectivity index (χ0n) is 21.1. The Morgan fingerprint density at radius 3 is 2.64 bits per heavy atom. The minimum Gasteiger partial charge on any atom is -0.493 e. The number of carbonyl (C=O) groups excluding carboxylic acids is 1. The summed E-state index contributed by atoms with van der Waals surface area (Å²) in [5.41, 5.74) is 2.01. The van der Waals surface area contributed by atoms with Crippen molar-refractivity contribution in [1.29, 1.82) is 0 Å². The molecule has 0 saturated heterocycles. The van der Waals surface area contributed by atoms with Crippen molar-refractivity contribution >= 4 is 31.5 Å². The van der Waals surface area contributed by atoms with Gasteiger partial charge in [0.15, 0.2) is 14.1 Å². The molecule has 1 N–H and O–H groups in total. The molecule has 7 nitrogen and oxygen atoms in total. The van der Waals surface area contributed by atoms with Crippen molar-refractivity contribution in [2.45, 2.75) is 77.6 Å². The number of hydrogen-bond donors (Lipinski definition) is 1. The molecule has 0 unspecified atom stereocenters. The third kappa shape index (κ3) is 4.03. The molecule has 1 aromatic carbocycles. The molecule has 2 aliphatic heterocycles. The Morgan fingerprint density at radius 2 is 1.97 bits per heavy atom. The molecule has 0 aliphatic carbocycles. The summed E-state index contributed by atoms with van der Waals surface area (Å²) in [6.45, 7) is 16.0. The van der Waals surface area contributed by atoms with E-state index >= 15 is 0 Å². The van der Waals surface area contributed by atoms with Gasteiger partial charge in [-0.05, 0) is 68.6 Å². The van der Waals surface area contributed by atoms with Crippen LogP contribution in [0.4, 0.5) is 17.3 Å². The second-order valence-corrected chi connectivity index (χ2v) is 15.8. The zero-order valence-corrected chi connectivity index (χ0v) is 22.1. The summed E-state index contributed by atoms with van der Waals surface area (Å²) < 4.78 is 12.2. The van der Waals surface area contributed by atoms with Crippen molar-refractivity contribution < 1.29 is 14.0 Å². The zero-order chi connectivity index (χ0) is 24.2. The number of carbonyl (C=O) groups is 1. The van der Waals surface area contributed by atoms with E-state index in [0.717, 1.165) is 42.0 Å². The number of nitrogens with zero attached hydrogens (tertiary/aromatic N) is 3. The van der Waals surface area contributed by atoms with Crippen LogP contribution in [0.3, 0.4) is 0 Å². The van der Waals surface area contributed by atoms with E-state index in [9.17, 15) is 4.79 Å². The summed E-state index contributed by atoms with van der Waals surface area (Å²) in [6.07, 6.45) is 1.92. The van der Waals surface area contributed by atoms with E-state index in [1.54, 1.807) is 4.90 Å². The predicted octanol–water partition coefficient (Wildman–Crippen LogP) is 5.32. The monoisotopic (exact) mass is 468 g/mol. The van der Waals surface area contributed by atoms with E-state index < -0.39 is 13.7 Å². The molecule has 0 radical (unpaired) electrons. The van der Waals surface area contributed by atoms with E-state index in [0.29, 0.717) is 24.1 Å². The van der Waals surface area contributed by atoms with Gasteiger partial charge >= 0.3 is 0 Å². The van der Waals surface area contributed by atoms with Gasteiger partial charge in [-0.15, -0.1) is 0 Å². The molecule has 0 bridgehead atoms. The molecule has 2 aromatic rings. The lowest BCUT2D eigenvalue weighted by Crippen LogP contribution is -2.40. The third-order valence-electron chi connectivity index (χ3n) is 7.27. The molecule has 0 saturated carbocycles. The smallest absolute Gasteiger partial charge is 0.243 e.